The SMILES string of the molecule is CC(=O)O[C@H](COCc1ccc(Br)cc1)[C@H]1CO1. The molecule has 0 saturated carbocycles. The van der Waals surface area contributed by atoms with Gasteiger partial charge in [0.15, 0.2) is 6.10 Å². The maximum atomic E-state index is 10.9. The quantitative estimate of drug-likeness (QED) is 0.597. The molecule has 0 aliphatic carbocycles. The van der Waals surface area contributed by atoms with Crippen molar-refractivity contribution in [1.82, 2.24) is 0 Å². The predicted molar refractivity (Wildman–Crippen MR) is 69.1 cm³/mol. The highest BCUT2D eigenvalue weighted by atomic mass is 79.9. The molecule has 1 fully saturated rings. The molecule has 0 amide bonds. The van der Waals surface area contributed by atoms with E-state index in [4.69, 9.17) is 14.2 Å². The van der Waals surface area contributed by atoms with E-state index < -0.39 is 0 Å². The third-order valence-corrected chi connectivity index (χ3v) is 3.08. The molecule has 18 heavy (non-hydrogen) atoms. The third kappa shape index (κ3) is 4.40. The number of epoxide rings is 1. The molecule has 1 heterocycles. The van der Waals surface area contributed by atoms with Gasteiger partial charge in [-0.15, -0.1) is 0 Å². The highest BCUT2D eigenvalue weighted by Crippen LogP contribution is 2.18. The summed E-state index contributed by atoms with van der Waals surface area (Å²) in [5, 5.41) is 0. The highest BCUT2D eigenvalue weighted by Gasteiger charge is 2.35. The van der Waals surface area contributed by atoms with Crippen LogP contribution >= 0.6 is 15.9 Å². The Morgan fingerprint density at radius 2 is 2.17 bits per heavy atom. The first-order valence-corrected chi connectivity index (χ1v) is 6.55. The van der Waals surface area contributed by atoms with E-state index in [1.165, 1.54) is 6.92 Å². The van der Waals surface area contributed by atoms with E-state index in [1.54, 1.807) is 0 Å². The highest BCUT2D eigenvalue weighted by molar-refractivity contribution is 9.10. The second-order valence-corrected chi connectivity index (χ2v) is 5.08. The van der Waals surface area contributed by atoms with E-state index in [9.17, 15) is 4.79 Å². The van der Waals surface area contributed by atoms with E-state index in [-0.39, 0.29) is 18.2 Å². The van der Waals surface area contributed by atoms with Crippen LogP contribution in [0.25, 0.3) is 0 Å². The standard InChI is InChI=1S/C13H15BrO4/c1-9(15)18-13(12-8-17-12)7-16-6-10-2-4-11(14)5-3-10/h2-5,12-13H,6-8H2,1H3/t12-,13-/m1/s1. The molecule has 98 valence electrons. The molecule has 1 aromatic rings. The van der Waals surface area contributed by atoms with Gasteiger partial charge in [-0.2, -0.15) is 0 Å². The zero-order valence-corrected chi connectivity index (χ0v) is 11.7. The van der Waals surface area contributed by atoms with Gasteiger partial charge in [0.05, 0.1) is 19.8 Å². The van der Waals surface area contributed by atoms with E-state index in [0.717, 1.165) is 10.0 Å². The van der Waals surface area contributed by atoms with Crippen molar-refractivity contribution in [2.24, 2.45) is 0 Å². The second kappa shape index (κ2) is 6.31. The summed E-state index contributed by atoms with van der Waals surface area (Å²) in [7, 11) is 0. The van der Waals surface area contributed by atoms with Crippen molar-refractivity contribution >= 4 is 21.9 Å². The summed E-state index contributed by atoms with van der Waals surface area (Å²) in [6.45, 7) is 2.89. The summed E-state index contributed by atoms with van der Waals surface area (Å²) in [4.78, 5) is 10.9. The maximum Gasteiger partial charge on any atom is 0.303 e. The number of esters is 1. The normalized spacial score (nSPS) is 19.3. The molecule has 0 bridgehead atoms. The second-order valence-electron chi connectivity index (χ2n) is 4.16. The number of carbonyl (C=O) groups is 1. The van der Waals surface area contributed by atoms with Gasteiger partial charge in [-0.05, 0) is 17.7 Å². The van der Waals surface area contributed by atoms with Gasteiger partial charge < -0.3 is 14.2 Å². The fraction of sp³-hybridized carbons (Fsp3) is 0.462. The van der Waals surface area contributed by atoms with Crippen molar-refractivity contribution < 1.29 is 19.0 Å². The largest absolute Gasteiger partial charge is 0.457 e. The summed E-state index contributed by atoms with van der Waals surface area (Å²) in [5.74, 6) is -0.303. The lowest BCUT2D eigenvalue weighted by Crippen LogP contribution is -2.27. The topological polar surface area (TPSA) is 48.1 Å². The van der Waals surface area contributed by atoms with Crippen LogP contribution in [0, 0.1) is 0 Å². The Balaban J connectivity index is 1.75. The van der Waals surface area contributed by atoms with E-state index >= 15 is 0 Å². The van der Waals surface area contributed by atoms with Crippen molar-refractivity contribution in [2.45, 2.75) is 25.7 Å². The van der Waals surface area contributed by atoms with Gasteiger partial charge in [0.25, 0.3) is 0 Å². The Bertz CT molecular complexity index is 400. The average Bonchev–Trinajstić information content (AvgIpc) is 3.14. The van der Waals surface area contributed by atoms with Gasteiger partial charge in [0, 0.05) is 11.4 Å². The van der Waals surface area contributed by atoms with Crippen LogP contribution in [0.5, 0.6) is 0 Å². The molecular formula is C13H15BrO4. The van der Waals surface area contributed by atoms with Crippen molar-refractivity contribution in [1.29, 1.82) is 0 Å². The minimum Gasteiger partial charge on any atom is -0.457 e. The number of carbonyl (C=O) groups excluding carboxylic acids is 1. The number of ether oxygens (including phenoxy) is 3. The summed E-state index contributed by atoms with van der Waals surface area (Å²) < 4.78 is 16.9. The Morgan fingerprint density at radius 3 is 2.72 bits per heavy atom. The Hall–Kier alpha value is -0.910. The number of halogens is 1. The summed E-state index contributed by atoms with van der Waals surface area (Å²) >= 11 is 3.38. The van der Waals surface area contributed by atoms with Gasteiger partial charge in [0.2, 0.25) is 0 Å². The lowest BCUT2D eigenvalue weighted by molar-refractivity contribution is -0.151. The smallest absolute Gasteiger partial charge is 0.303 e. The lowest BCUT2D eigenvalue weighted by Gasteiger charge is -2.14. The van der Waals surface area contributed by atoms with Crippen LogP contribution in [-0.2, 0) is 25.6 Å². The summed E-state index contributed by atoms with van der Waals surface area (Å²) in [6, 6.07) is 7.90. The molecule has 0 aromatic heterocycles. The minimum atomic E-state index is -0.303. The number of hydrogen-bond donors (Lipinski definition) is 0. The first-order valence-electron chi connectivity index (χ1n) is 5.76. The number of benzene rings is 1. The zero-order chi connectivity index (χ0) is 13.0. The van der Waals surface area contributed by atoms with Crippen LogP contribution in [-0.4, -0.2) is 31.4 Å². The van der Waals surface area contributed by atoms with Crippen LogP contribution in [0.2, 0.25) is 0 Å². The van der Waals surface area contributed by atoms with Crippen LogP contribution in [0.3, 0.4) is 0 Å². The zero-order valence-electron chi connectivity index (χ0n) is 10.1. The van der Waals surface area contributed by atoms with Crippen molar-refractivity contribution in [3.05, 3.63) is 34.3 Å². The van der Waals surface area contributed by atoms with Gasteiger partial charge in [-0.1, -0.05) is 28.1 Å². The maximum absolute atomic E-state index is 10.9. The minimum absolute atomic E-state index is 0.00109. The van der Waals surface area contributed by atoms with Crippen LogP contribution in [0.15, 0.2) is 28.7 Å². The number of rotatable bonds is 6. The molecule has 1 aliphatic rings. The van der Waals surface area contributed by atoms with Crippen molar-refractivity contribution in [2.75, 3.05) is 13.2 Å². The molecule has 1 aliphatic heterocycles. The molecule has 1 aromatic carbocycles. The van der Waals surface area contributed by atoms with Gasteiger partial charge in [-0.3, -0.25) is 4.79 Å². The molecule has 1 saturated heterocycles. The molecule has 2 atom stereocenters. The van der Waals surface area contributed by atoms with Crippen LogP contribution in [0.1, 0.15) is 12.5 Å². The average molecular weight is 315 g/mol. The third-order valence-electron chi connectivity index (χ3n) is 2.56. The lowest BCUT2D eigenvalue weighted by atomic mass is 10.2. The Morgan fingerprint density at radius 1 is 1.50 bits per heavy atom. The Kier molecular flexibility index (Phi) is 4.74. The number of hydrogen-bond acceptors (Lipinski definition) is 4. The van der Waals surface area contributed by atoms with Gasteiger partial charge in [-0.25, -0.2) is 0 Å². The van der Waals surface area contributed by atoms with E-state index in [1.807, 2.05) is 24.3 Å². The van der Waals surface area contributed by atoms with Gasteiger partial charge >= 0.3 is 5.97 Å². The molecule has 0 radical (unpaired) electrons. The molecule has 0 N–H and O–H groups in total. The molecule has 4 nitrogen and oxygen atoms in total. The molecule has 0 spiro atoms. The van der Waals surface area contributed by atoms with Crippen molar-refractivity contribution in [3.8, 4) is 0 Å². The Labute approximate surface area is 114 Å². The van der Waals surface area contributed by atoms with E-state index in [2.05, 4.69) is 15.9 Å². The monoisotopic (exact) mass is 314 g/mol. The van der Waals surface area contributed by atoms with Crippen LogP contribution < -0.4 is 0 Å². The first-order chi connectivity index (χ1) is 8.65. The molecule has 0 unspecified atom stereocenters. The molecule has 2 rings (SSSR count). The first kappa shape index (κ1) is 13.5. The molecular weight excluding hydrogens is 300 g/mol. The summed E-state index contributed by atoms with van der Waals surface area (Å²) in [6.07, 6.45) is -0.295. The van der Waals surface area contributed by atoms with Crippen molar-refractivity contribution in [3.63, 3.8) is 0 Å². The van der Waals surface area contributed by atoms with E-state index in [0.29, 0.717) is 19.8 Å². The van der Waals surface area contributed by atoms with Crippen LogP contribution in [0.4, 0.5) is 0 Å². The summed E-state index contributed by atoms with van der Waals surface area (Å²) in [5.41, 5.74) is 1.08. The molecule has 5 heteroatoms. The predicted octanol–water partition coefficient (Wildman–Crippen LogP) is 2.30. The fourth-order valence-corrected chi connectivity index (χ4v) is 1.84. The fourth-order valence-electron chi connectivity index (χ4n) is 1.57. The van der Waals surface area contributed by atoms with Gasteiger partial charge in [0.1, 0.15) is 6.10 Å².